The average molecular weight is 301 g/mol. The topological polar surface area (TPSA) is 88.1 Å². The number of benzene rings is 1. The van der Waals surface area contributed by atoms with Crippen LogP contribution in [0.3, 0.4) is 0 Å². The van der Waals surface area contributed by atoms with Crippen LogP contribution in [0.4, 0.5) is 10.6 Å². The van der Waals surface area contributed by atoms with Gasteiger partial charge in [0.15, 0.2) is 5.82 Å². The second-order valence-corrected chi connectivity index (χ2v) is 4.74. The minimum absolute atomic E-state index is 0.122. The molecule has 0 saturated carbocycles. The van der Waals surface area contributed by atoms with E-state index in [9.17, 15) is 9.59 Å². The van der Waals surface area contributed by atoms with E-state index in [1.165, 1.54) is 0 Å². The number of carbonyl (C=O) groups excluding carboxylic acids is 2. The molecule has 0 aliphatic heterocycles. The standard InChI is InChI=1S/C15H19N5O2/c1-16-13(21)8-9-17-15(22)18-14-12(10-20(2)19-14)11-6-4-3-5-7-11/h3-7,10H,8-9H2,1-2H3,(H,16,21)(H2,17,18,19,22). The molecule has 0 aliphatic rings. The maximum atomic E-state index is 11.9. The fourth-order valence-corrected chi connectivity index (χ4v) is 1.98. The molecule has 0 spiro atoms. The fourth-order valence-electron chi connectivity index (χ4n) is 1.98. The summed E-state index contributed by atoms with van der Waals surface area (Å²) < 4.78 is 1.64. The molecular formula is C15H19N5O2. The molecule has 0 fully saturated rings. The van der Waals surface area contributed by atoms with E-state index >= 15 is 0 Å². The first kappa shape index (κ1) is 15.6. The van der Waals surface area contributed by atoms with Crippen molar-refractivity contribution in [3.05, 3.63) is 36.5 Å². The van der Waals surface area contributed by atoms with Crippen molar-refractivity contribution in [2.45, 2.75) is 6.42 Å². The molecule has 1 aromatic carbocycles. The molecule has 0 radical (unpaired) electrons. The first-order valence-corrected chi connectivity index (χ1v) is 6.94. The Bertz CT molecular complexity index is 651. The summed E-state index contributed by atoms with van der Waals surface area (Å²) in [7, 11) is 3.35. The summed E-state index contributed by atoms with van der Waals surface area (Å²) in [5.74, 6) is 0.356. The monoisotopic (exact) mass is 301 g/mol. The highest BCUT2D eigenvalue weighted by Gasteiger charge is 2.12. The number of nitrogens with one attached hydrogen (secondary N) is 3. The van der Waals surface area contributed by atoms with E-state index in [1.54, 1.807) is 18.8 Å². The third-order valence-corrected chi connectivity index (χ3v) is 3.06. The Hall–Kier alpha value is -2.83. The van der Waals surface area contributed by atoms with Gasteiger partial charge in [-0.15, -0.1) is 0 Å². The highest BCUT2D eigenvalue weighted by molar-refractivity contribution is 5.93. The number of rotatable bonds is 5. The second-order valence-electron chi connectivity index (χ2n) is 4.74. The maximum absolute atomic E-state index is 11.9. The van der Waals surface area contributed by atoms with E-state index in [-0.39, 0.29) is 24.9 Å². The lowest BCUT2D eigenvalue weighted by Gasteiger charge is -2.07. The van der Waals surface area contributed by atoms with Crippen molar-refractivity contribution in [3.63, 3.8) is 0 Å². The Morgan fingerprint density at radius 1 is 1.23 bits per heavy atom. The zero-order valence-electron chi connectivity index (χ0n) is 12.6. The molecular weight excluding hydrogens is 282 g/mol. The van der Waals surface area contributed by atoms with Gasteiger partial charge in [0.25, 0.3) is 0 Å². The molecule has 7 nitrogen and oxygen atoms in total. The van der Waals surface area contributed by atoms with E-state index in [4.69, 9.17) is 0 Å². The quantitative estimate of drug-likeness (QED) is 0.779. The van der Waals surface area contributed by atoms with Gasteiger partial charge in [0, 0.05) is 38.8 Å². The lowest BCUT2D eigenvalue weighted by Crippen LogP contribution is -2.32. The molecule has 3 amide bonds. The minimum atomic E-state index is -0.389. The maximum Gasteiger partial charge on any atom is 0.320 e. The molecule has 22 heavy (non-hydrogen) atoms. The van der Waals surface area contributed by atoms with E-state index < -0.39 is 0 Å². The van der Waals surface area contributed by atoms with Crippen molar-refractivity contribution in [1.29, 1.82) is 0 Å². The number of nitrogens with zero attached hydrogens (tertiary/aromatic N) is 2. The van der Waals surface area contributed by atoms with Gasteiger partial charge in [-0.3, -0.25) is 14.8 Å². The summed E-state index contributed by atoms with van der Waals surface area (Å²) in [4.78, 5) is 23.0. The Morgan fingerprint density at radius 2 is 1.95 bits per heavy atom. The van der Waals surface area contributed by atoms with Crippen molar-refractivity contribution in [3.8, 4) is 11.1 Å². The van der Waals surface area contributed by atoms with Gasteiger partial charge in [0.1, 0.15) is 0 Å². The lowest BCUT2D eigenvalue weighted by molar-refractivity contribution is -0.120. The second kappa shape index (κ2) is 7.26. The van der Waals surface area contributed by atoms with Gasteiger partial charge in [-0.1, -0.05) is 30.3 Å². The van der Waals surface area contributed by atoms with Crippen LogP contribution in [0.15, 0.2) is 36.5 Å². The van der Waals surface area contributed by atoms with Crippen molar-refractivity contribution >= 4 is 17.8 Å². The van der Waals surface area contributed by atoms with Crippen LogP contribution in [0.1, 0.15) is 6.42 Å². The summed E-state index contributed by atoms with van der Waals surface area (Å²) in [6, 6.07) is 9.29. The molecule has 116 valence electrons. The van der Waals surface area contributed by atoms with Crippen LogP contribution < -0.4 is 16.0 Å². The molecule has 2 aromatic rings. The zero-order chi connectivity index (χ0) is 15.9. The number of hydrogen-bond acceptors (Lipinski definition) is 3. The minimum Gasteiger partial charge on any atom is -0.359 e. The highest BCUT2D eigenvalue weighted by atomic mass is 16.2. The number of carbonyl (C=O) groups is 2. The Labute approximate surface area is 128 Å². The number of hydrogen-bond donors (Lipinski definition) is 3. The van der Waals surface area contributed by atoms with Gasteiger partial charge in [0.05, 0.1) is 0 Å². The van der Waals surface area contributed by atoms with Crippen molar-refractivity contribution in [1.82, 2.24) is 20.4 Å². The Morgan fingerprint density at radius 3 is 2.64 bits per heavy atom. The van der Waals surface area contributed by atoms with Crippen molar-refractivity contribution in [2.75, 3.05) is 18.9 Å². The predicted molar refractivity (Wildman–Crippen MR) is 84.3 cm³/mol. The van der Waals surface area contributed by atoms with E-state index in [1.807, 2.05) is 36.5 Å². The van der Waals surface area contributed by atoms with Crippen LogP contribution in [0.25, 0.3) is 11.1 Å². The number of aromatic nitrogens is 2. The van der Waals surface area contributed by atoms with Gasteiger partial charge in [0.2, 0.25) is 5.91 Å². The molecule has 1 aromatic heterocycles. The van der Waals surface area contributed by atoms with Gasteiger partial charge in [-0.25, -0.2) is 4.79 Å². The van der Waals surface area contributed by atoms with E-state index in [0.29, 0.717) is 5.82 Å². The SMILES string of the molecule is CNC(=O)CCNC(=O)Nc1nn(C)cc1-c1ccccc1. The molecule has 0 bridgehead atoms. The summed E-state index contributed by atoms with van der Waals surface area (Å²) in [5, 5.41) is 12.1. The lowest BCUT2D eigenvalue weighted by atomic mass is 10.1. The van der Waals surface area contributed by atoms with Gasteiger partial charge in [-0.2, -0.15) is 5.10 Å². The Balaban J connectivity index is 2.01. The molecule has 7 heteroatoms. The van der Waals surface area contributed by atoms with Crippen LogP contribution in [-0.2, 0) is 11.8 Å². The highest BCUT2D eigenvalue weighted by Crippen LogP contribution is 2.26. The van der Waals surface area contributed by atoms with Crippen LogP contribution in [-0.4, -0.2) is 35.3 Å². The van der Waals surface area contributed by atoms with Crippen LogP contribution in [0.5, 0.6) is 0 Å². The number of aryl methyl sites for hydroxylation is 1. The van der Waals surface area contributed by atoms with Gasteiger partial charge in [-0.05, 0) is 5.56 Å². The average Bonchev–Trinajstić information content (AvgIpc) is 2.88. The molecule has 3 N–H and O–H groups in total. The van der Waals surface area contributed by atoms with Gasteiger partial charge >= 0.3 is 6.03 Å². The van der Waals surface area contributed by atoms with Crippen LogP contribution >= 0.6 is 0 Å². The summed E-state index contributed by atoms with van der Waals surface area (Å²) in [5.41, 5.74) is 1.81. The number of urea groups is 1. The molecule has 0 saturated heterocycles. The Kier molecular flexibility index (Phi) is 5.13. The third-order valence-electron chi connectivity index (χ3n) is 3.06. The smallest absolute Gasteiger partial charge is 0.320 e. The van der Waals surface area contributed by atoms with Crippen LogP contribution in [0, 0.1) is 0 Å². The number of amides is 3. The largest absolute Gasteiger partial charge is 0.359 e. The first-order chi connectivity index (χ1) is 10.6. The summed E-state index contributed by atoms with van der Waals surface area (Å²) >= 11 is 0. The van der Waals surface area contributed by atoms with Gasteiger partial charge < -0.3 is 10.6 Å². The molecule has 0 aliphatic carbocycles. The predicted octanol–water partition coefficient (Wildman–Crippen LogP) is 1.34. The molecule has 2 rings (SSSR count). The summed E-state index contributed by atoms with van der Waals surface area (Å²) in [6.45, 7) is 0.263. The van der Waals surface area contributed by atoms with E-state index in [0.717, 1.165) is 11.1 Å². The molecule has 1 heterocycles. The van der Waals surface area contributed by atoms with Crippen LogP contribution in [0.2, 0.25) is 0 Å². The zero-order valence-corrected chi connectivity index (χ0v) is 12.6. The van der Waals surface area contributed by atoms with Crippen molar-refractivity contribution < 1.29 is 9.59 Å². The molecule has 0 atom stereocenters. The molecule has 0 unspecified atom stereocenters. The van der Waals surface area contributed by atoms with Crippen molar-refractivity contribution in [2.24, 2.45) is 7.05 Å². The fraction of sp³-hybridized carbons (Fsp3) is 0.267. The first-order valence-electron chi connectivity index (χ1n) is 6.94. The van der Waals surface area contributed by atoms with E-state index in [2.05, 4.69) is 21.0 Å². The summed E-state index contributed by atoms with van der Waals surface area (Å²) in [6.07, 6.45) is 2.08. The third kappa shape index (κ3) is 4.08. The number of anilines is 1. The normalized spacial score (nSPS) is 10.1.